The predicted molar refractivity (Wildman–Crippen MR) is 116 cm³/mol. The second-order valence-electron chi connectivity index (χ2n) is 7.36. The van der Waals surface area contributed by atoms with E-state index in [0.29, 0.717) is 6.61 Å². The van der Waals surface area contributed by atoms with Crippen LogP contribution in [-0.2, 0) is 6.61 Å². The fraction of sp³-hybridized carbons (Fsp3) is 0.409. The molecule has 1 aliphatic heterocycles. The highest BCUT2D eigenvalue weighted by Crippen LogP contribution is 2.26. The fourth-order valence-corrected chi connectivity index (χ4v) is 4.03. The molecule has 6 nitrogen and oxygen atoms in total. The van der Waals surface area contributed by atoms with Gasteiger partial charge in [0.2, 0.25) is 0 Å². The molecule has 0 unspecified atom stereocenters. The van der Waals surface area contributed by atoms with Crippen LogP contribution in [0.15, 0.2) is 48.8 Å². The molecule has 0 aliphatic carbocycles. The minimum atomic E-state index is -0.0172. The van der Waals surface area contributed by atoms with Crippen LogP contribution in [0.25, 0.3) is 5.52 Å². The first-order valence-corrected chi connectivity index (χ1v) is 10.5. The number of hydrogen-bond acceptors (Lipinski definition) is 5. The van der Waals surface area contributed by atoms with Gasteiger partial charge in [0.25, 0.3) is 0 Å². The number of ether oxygens (including phenoxy) is 1. The molecule has 1 aliphatic rings. The van der Waals surface area contributed by atoms with Crippen molar-refractivity contribution in [1.29, 1.82) is 0 Å². The van der Waals surface area contributed by atoms with Gasteiger partial charge in [0, 0.05) is 44.0 Å². The number of aromatic nitrogens is 2. The Labute approximate surface area is 176 Å². The van der Waals surface area contributed by atoms with Gasteiger partial charge in [-0.05, 0) is 37.6 Å². The molecule has 4 rings (SSSR count). The van der Waals surface area contributed by atoms with Crippen LogP contribution in [0.3, 0.4) is 0 Å². The predicted octanol–water partition coefficient (Wildman–Crippen LogP) is 3.46. The molecular formula is C22H27ClN4O2. The van der Waals surface area contributed by atoms with E-state index in [1.54, 1.807) is 10.7 Å². The molecule has 154 valence electrons. The van der Waals surface area contributed by atoms with E-state index in [9.17, 15) is 5.11 Å². The van der Waals surface area contributed by atoms with E-state index < -0.39 is 0 Å². The summed E-state index contributed by atoms with van der Waals surface area (Å²) in [6.45, 7) is 5.92. The van der Waals surface area contributed by atoms with Crippen molar-refractivity contribution in [2.75, 3.05) is 44.2 Å². The average Bonchev–Trinajstić information content (AvgIpc) is 3.17. The van der Waals surface area contributed by atoms with Crippen LogP contribution >= 0.6 is 11.6 Å². The maximum absolute atomic E-state index is 9.37. The first-order valence-electron chi connectivity index (χ1n) is 10.2. The zero-order chi connectivity index (χ0) is 20.1. The Kier molecular flexibility index (Phi) is 6.54. The summed E-state index contributed by atoms with van der Waals surface area (Å²) in [5.41, 5.74) is 2.84. The van der Waals surface area contributed by atoms with Crippen molar-refractivity contribution in [3.63, 3.8) is 0 Å². The third kappa shape index (κ3) is 4.83. The van der Waals surface area contributed by atoms with E-state index >= 15 is 0 Å². The lowest BCUT2D eigenvalue weighted by Crippen LogP contribution is -2.46. The Hall–Kier alpha value is -2.28. The molecule has 0 saturated carbocycles. The third-order valence-corrected chi connectivity index (χ3v) is 5.77. The van der Waals surface area contributed by atoms with Crippen LogP contribution in [-0.4, -0.2) is 59.0 Å². The van der Waals surface area contributed by atoms with E-state index in [4.69, 9.17) is 16.3 Å². The summed E-state index contributed by atoms with van der Waals surface area (Å²) >= 11 is 6.32. The van der Waals surface area contributed by atoms with Crippen LogP contribution in [0.2, 0.25) is 5.02 Å². The summed E-state index contributed by atoms with van der Waals surface area (Å²) in [6, 6.07) is 11.9. The molecule has 1 aromatic carbocycles. The number of pyridine rings is 1. The molecular weight excluding hydrogens is 388 g/mol. The number of unbranched alkanes of at least 4 members (excludes halogenated alkanes) is 1. The molecule has 3 heterocycles. The minimum absolute atomic E-state index is 0.0172. The molecule has 0 spiro atoms. The lowest BCUT2D eigenvalue weighted by Gasteiger charge is -2.36. The van der Waals surface area contributed by atoms with E-state index in [2.05, 4.69) is 21.0 Å². The molecule has 29 heavy (non-hydrogen) atoms. The molecule has 0 radical (unpaired) electrons. The summed E-state index contributed by atoms with van der Waals surface area (Å²) < 4.78 is 7.65. The first-order chi connectivity index (χ1) is 14.2. The highest BCUT2D eigenvalue weighted by atomic mass is 35.5. The maximum Gasteiger partial charge on any atom is 0.122 e. The molecule has 0 atom stereocenters. The largest absolute Gasteiger partial charge is 0.493 e. The molecule has 1 N–H and O–H groups in total. The molecule has 7 heteroatoms. The Morgan fingerprint density at radius 1 is 1.07 bits per heavy atom. The standard InChI is InChI=1S/C22H27ClN4O2/c23-20-5-1-2-6-21(20)26-12-10-25(11-13-26)8-3-4-14-29-19-7-9-27-22(15-19)18(17-28)16-24-27/h1-2,5-7,9,15-16,28H,3-4,8,10-14,17H2. The van der Waals surface area contributed by atoms with E-state index in [0.717, 1.165) is 73.1 Å². The number of anilines is 1. The van der Waals surface area contributed by atoms with Crippen LogP contribution in [0.5, 0.6) is 5.75 Å². The van der Waals surface area contributed by atoms with Crippen molar-refractivity contribution in [2.24, 2.45) is 0 Å². The average molecular weight is 415 g/mol. The summed E-state index contributed by atoms with van der Waals surface area (Å²) in [6.07, 6.45) is 5.68. The minimum Gasteiger partial charge on any atom is -0.493 e. The molecule has 0 amide bonds. The second kappa shape index (κ2) is 9.48. The highest BCUT2D eigenvalue weighted by Gasteiger charge is 2.18. The van der Waals surface area contributed by atoms with Crippen LogP contribution in [0.1, 0.15) is 18.4 Å². The van der Waals surface area contributed by atoms with Crippen molar-refractivity contribution in [3.05, 3.63) is 59.4 Å². The lowest BCUT2D eigenvalue weighted by molar-refractivity contribution is 0.238. The van der Waals surface area contributed by atoms with Gasteiger partial charge in [-0.1, -0.05) is 23.7 Å². The number of aliphatic hydroxyl groups is 1. The third-order valence-electron chi connectivity index (χ3n) is 5.45. The van der Waals surface area contributed by atoms with Crippen LogP contribution in [0, 0.1) is 0 Å². The van der Waals surface area contributed by atoms with Crippen molar-refractivity contribution in [1.82, 2.24) is 14.5 Å². The van der Waals surface area contributed by atoms with E-state index in [1.165, 1.54) is 0 Å². The molecule has 1 fully saturated rings. The number of halogens is 1. The summed E-state index contributed by atoms with van der Waals surface area (Å²) in [4.78, 5) is 4.88. The summed E-state index contributed by atoms with van der Waals surface area (Å²) in [5, 5.41) is 14.4. The maximum atomic E-state index is 9.37. The number of fused-ring (bicyclic) bond motifs is 1. The van der Waals surface area contributed by atoms with E-state index in [-0.39, 0.29) is 6.61 Å². The van der Waals surface area contributed by atoms with Gasteiger partial charge in [0.1, 0.15) is 5.75 Å². The quantitative estimate of drug-likeness (QED) is 0.572. The number of nitrogens with zero attached hydrogens (tertiary/aromatic N) is 4. The van der Waals surface area contributed by atoms with Gasteiger partial charge < -0.3 is 14.7 Å². The molecule has 0 bridgehead atoms. The Morgan fingerprint density at radius 3 is 2.69 bits per heavy atom. The van der Waals surface area contributed by atoms with Gasteiger partial charge >= 0.3 is 0 Å². The van der Waals surface area contributed by atoms with Gasteiger partial charge in [-0.25, -0.2) is 4.52 Å². The Balaban J connectivity index is 1.17. The van der Waals surface area contributed by atoms with Gasteiger partial charge in [0.15, 0.2) is 0 Å². The van der Waals surface area contributed by atoms with Gasteiger partial charge in [0.05, 0.1) is 35.6 Å². The summed E-state index contributed by atoms with van der Waals surface area (Å²) in [7, 11) is 0. The number of aliphatic hydroxyl groups excluding tert-OH is 1. The van der Waals surface area contributed by atoms with E-state index in [1.807, 2.05) is 36.5 Å². The van der Waals surface area contributed by atoms with Gasteiger partial charge in [-0.2, -0.15) is 5.10 Å². The monoisotopic (exact) mass is 414 g/mol. The number of hydrogen-bond donors (Lipinski definition) is 1. The van der Waals surface area contributed by atoms with Crippen LogP contribution < -0.4 is 9.64 Å². The smallest absolute Gasteiger partial charge is 0.122 e. The first kappa shape index (κ1) is 20.0. The van der Waals surface area contributed by atoms with Crippen molar-refractivity contribution < 1.29 is 9.84 Å². The Morgan fingerprint density at radius 2 is 1.90 bits per heavy atom. The summed E-state index contributed by atoms with van der Waals surface area (Å²) in [5.74, 6) is 0.820. The van der Waals surface area contributed by atoms with Crippen molar-refractivity contribution in [3.8, 4) is 5.75 Å². The van der Waals surface area contributed by atoms with Crippen LogP contribution in [0.4, 0.5) is 5.69 Å². The number of para-hydroxylation sites is 1. The zero-order valence-corrected chi connectivity index (χ0v) is 17.3. The van der Waals surface area contributed by atoms with Crippen molar-refractivity contribution in [2.45, 2.75) is 19.4 Å². The second-order valence-corrected chi connectivity index (χ2v) is 7.76. The lowest BCUT2D eigenvalue weighted by atomic mass is 10.2. The number of benzene rings is 1. The van der Waals surface area contributed by atoms with Gasteiger partial charge in [-0.3, -0.25) is 4.90 Å². The molecule has 2 aromatic heterocycles. The molecule has 1 saturated heterocycles. The molecule has 3 aromatic rings. The van der Waals surface area contributed by atoms with Gasteiger partial charge in [-0.15, -0.1) is 0 Å². The number of piperazine rings is 1. The SMILES string of the molecule is OCc1cnn2ccc(OCCCCN3CCN(c4ccccc4Cl)CC3)cc12. The van der Waals surface area contributed by atoms with Crippen molar-refractivity contribution >= 4 is 22.8 Å². The number of rotatable bonds is 8. The highest BCUT2D eigenvalue weighted by molar-refractivity contribution is 6.33. The Bertz CT molecular complexity index is 937. The normalized spacial score (nSPS) is 15.2. The topological polar surface area (TPSA) is 53.2 Å². The zero-order valence-electron chi connectivity index (χ0n) is 16.5. The fourth-order valence-electron chi connectivity index (χ4n) is 3.77.